The van der Waals surface area contributed by atoms with Crippen LogP contribution in [0.5, 0.6) is 0 Å². The molecule has 0 aromatic carbocycles. The van der Waals surface area contributed by atoms with E-state index in [-0.39, 0.29) is 0 Å². The lowest BCUT2D eigenvalue weighted by molar-refractivity contribution is 0.240. The van der Waals surface area contributed by atoms with Gasteiger partial charge in [-0.1, -0.05) is 58.3 Å². The zero-order chi connectivity index (χ0) is 11.9. The van der Waals surface area contributed by atoms with E-state index in [1.54, 1.807) is 0 Å². The Morgan fingerprint density at radius 3 is 2.24 bits per heavy atom. The van der Waals surface area contributed by atoms with Gasteiger partial charge < -0.3 is 5.32 Å². The zero-order valence-electron chi connectivity index (χ0n) is 11.7. The Morgan fingerprint density at radius 1 is 0.941 bits per heavy atom. The summed E-state index contributed by atoms with van der Waals surface area (Å²) in [5.74, 6) is 2.12. The SMILES string of the molecule is CCNC(CCC1CCCCC1)CC1CCC1. The van der Waals surface area contributed by atoms with Crippen LogP contribution >= 0.6 is 0 Å². The van der Waals surface area contributed by atoms with Gasteiger partial charge in [0.25, 0.3) is 0 Å². The highest BCUT2D eigenvalue weighted by Gasteiger charge is 2.22. The van der Waals surface area contributed by atoms with Crippen molar-refractivity contribution in [3.05, 3.63) is 0 Å². The van der Waals surface area contributed by atoms with Gasteiger partial charge in [-0.15, -0.1) is 0 Å². The first-order valence-corrected chi connectivity index (χ1v) is 8.12. The molecule has 1 N–H and O–H groups in total. The Morgan fingerprint density at radius 2 is 1.65 bits per heavy atom. The Hall–Kier alpha value is -0.0400. The van der Waals surface area contributed by atoms with Gasteiger partial charge in [0, 0.05) is 6.04 Å². The fourth-order valence-corrected chi connectivity index (χ4v) is 3.64. The van der Waals surface area contributed by atoms with Crippen LogP contribution in [0.2, 0.25) is 0 Å². The summed E-state index contributed by atoms with van der Waals surface area (Å²) in [5, 5.41) is 3.72. The molecular weight excluding hydrogens is 206 g/mol. The van der Waals surface area contributed by atoms with Crippen molar-refractivity contribution < 1.29 is 0 Å². The van der Waals surface area contributed by atoms with Gasteiger partial charge in [-0.2, -0.15) is 0 Å². The molecule has 0 aromatic rings. The highest BCUT2D eigenvalue weighted by Crippen LogP contribution is 2.33. The monoisotopic (exact) mass is 237 g/mol. The van der Waals surface area contributed by atoms with E-state index in [4.69, 9.17) is 0 Å². The van der Waals surface area contributed by atoms with Crippen molar-refractivity contribution in [2.24, 2.45) is 11.8 Å². The molecule has 0 aliphatic heterocycles. The van der Waals surface area contributed by atoms with Crippen molar-refractivity contribution in [3.8, 4) is 0 Å². The Bertz CT molecular complexity index is 192. The molecule has 1 nitrogen and oxygen atoms in total. The summed E-state index contributed by atoms with van der Waals surface area (Å²) in [5.41, 5.74) is 0. The predicted molar refractivity (Wildman–Crippen MR) is 75.2 cm³/mol. The lowest BCUT2D eigenvalue weighted by Gasteiger charge is -2.31. The van der Waals surface area contributed by atoms with Crippen LogP contribution in [0.1, 0.15) is 77.6 Å². The minimum absolute atomic E-state index is 0.826. The van der Waals surface area contributed by atoms with Gasteiger partial charge in [0.1, 0.15) is 0 Å². The van der Waals surface area contributed by atoms with E-state index in [9.17, 15) is 0 Å². The molecule has 0 saturated heterocycles. The second-order valence-corrected chi connectivity index (χ2v) is 6.37. The fourth-order valence-electron chi connectivity index (χ4n) is 3.64. The highest BCUT2D eigenvalue weighted by atomic mass is 14.9. The van der Waals surface area contributed by atoms with E-state index >= 15 is 0 Å². The summed E-state index contributed by atoms with van der Waals surface area (Å²) in [6.45, 7) is 3.41. The third-order valence-corrected chi connectivity index (χ3v) is 4.98. The molecule has 0 radical (unpaired) electrons. The Kier molecular flexibility index (Phi) is 5.84. The molecule has 2 saturated carbocycles. The van der Waals surface area contributed by atoms with Gasteiger partial charge in [-0.05, 0) is 37.6 Å². The van der Waals surface area contributed by atoms with Crippen LogP contribution in [0.15, 0.2) is 0 Å². The van der Waals surface area contributed by atoms with Crippen LogP contribution in [0, 0.1) is 11.8 Å². The molecular formula is C16H31N. The Balaban J connectivity index is 1.64. The minimum atomic E-state index is 0.826. The average Bonchev–Trinajstić information content (AvgIpc) is 2.32. The molecule has 1 atom stereocenters. The third kappa shape index (κ3) is 4.62. The molecule has 0 spiro atoms. The van der Waals surface area contributed by atoms with E-state index in [1.165, 1.54) is 70.6 Å². The quantitative estimate of drug-likeness (QED) is 0.686. The summed E-state index contributed by atoms with van der Waals surface area (Å²) in [7, 11) is 0. The van der Waals surface area contributed by atoms with Crippen LogP contribution in [0.3, 0.4) is 0 Å². The molecule has 1 heteroatoms. The maximum Gasteiger partial charge on any atom is 0.00696 e. The largest absolute Gasteiger partial charge is 0.314 e. The maximum atomic E-state index is 3.72. The molecule has 2 aliphatic rings. The van der Waals surface area contributed by atoms with Gasteiger partial charge >= 0.3 is 0 Å². The van der Waals surface area contributed by atoms with E-state index in [0.29, 0.717) is 0 Å². The minimum Gasteiger partial charge on any atom is -0.314 e. The van der Waals surface area contributed by atoms with Crippen molar-refractivity contribution in [1.29, 1.82) is 0 Å². The molecule has 0 amide bonds. The topological polar surface area (TPSA) is 12.0 Å². The lowest BCUT2D eigenvalue weighted by Crippen LogP contribution is -2.33. The van der Waals surface area contributed by atoms with E-state index in [0.717, 1.165) is 24.4 Å². The van der Waals surface area contributed by atoms with Crippen molar-refractivity contribution in [3.63, 3.8) is 0 Å². The van der Waals surface area contributed by atoms with Crippen LogP contribution in [0.4, 0.5) is 0 Å². The molecule has 0 heterocycles. The summed E-state index contributed by atoms with van der Waals surface area (Å²) < 4.78 is 0. The molecule has 2 rings (SSSR count). The summed E-state index contributed by atoms with van der Waals surface area (Å²) in [6, 6.07) is 0.826. The van der Waals surface area contributed by atoms with Crippen molar-refractivity contribution in [2.45, 2.75) is 83.6 Å². The second-order valence-electron chi connectivity index (χ2n) is 6.37. The van der Waals surface area contributed by atoms with Gasteiger partial charge in [-0.25, -0.2) is 0 Å². The maximum absolute atomic E-state index is 3.72. The average molecular weight is 237 g/mol. The molecule has 0 bridgehead atoms. The van der Waals surface area contributed by atoms with Crippen LogP contribution < -0.4 is 5.32 Å². The number of rotatable bonds is 7. The number of hydrogen-bond acceptors (Lipinski definition) is 1. The predicted octanol–water partition coefficient (Wildman–Crippen LogP) is 4.52. The number of hydrogen-bond donors (Lipinski definition) is 1. The van der Waals surface area contributed by atoms with Crippen LogP contribution in [-0.4, -0.2) is 12.6 Å². The van der Waals surface area contributed by atoms with Crippen LogP contribution in [0.25, 0.3) is 0 Å². The van der Waals surface area contributed by atoms with Crippen molar-refractivity contribution >= 4 is 0 Å². The second kappa shape index (κ2) is 7.41. The molecule has 100 valence electrons. The normalized spacial score (nSPS) is 24.5. The van der Waals surface area contributed by atoms with E-state index in [2.05, 4.69) is 12.2 Å². The van der Waals surface area contributed by atoms with Gasteiger partial charge in [-0.3, -0.25) is 0 Å². The molecule has 0 aromatic heterocycles. The lowest BCUT2D eigenvalue weighted by atomic mass is 9.78. The molecule has 1 unspecified atom stereocenters. The first-order valence-electron chi connectivity index (χ1n) is 8.12. The summed E-state index contributed by atoms with van der Waals surface area (Å²) >= 11 is 0. The highest BCUT2D eigenvalue weighted by molar-refractivity contribution is 4.78. The summed E-state index contributed by atoms with van der Waals surface area (Å²) in [6.07, 6.45) is 16.4. The van der Waals surface area contributed by atoms with E-state index in [1.807, 2.05) is 0 Å². The smallest absolute Gasteiger partial charge is 0.00696 e. The summed E-state index contributed by atoms with van der Waals surface area (Å²) in [4.78, 5) is 0. The standard InChI is InChI=1S/C16H31N/c1-2-17-16(13-15-9-6-10-15)12-11-14-7-4-3-5-8-14/h14-17H,2-13H2,1H3. The Labute approximate surface area is 108 Å². The van der Waals surface area contributed by atoms with Crippen molar-refractivity contribution in [2.75, 3.05) is 6.54 Å². The first kappa shape index (κ1) is 13.4. The molecule has 2 fully saturated rings. The first-order chi connectivity index (χ1) is 8.38. The van der Waals surface area contributed by atoms with Crippen molar-refractivity contribution in [1.82, 2.24) is 5.32 Å². The fraction of sp³-hybridized carbons (Fsp3) is 1.00. The number of nitrogens with one attached hydrogen (secondary N) is 1. The zero-order valence-corrected chi connectivity index (χ0v) is 11.7. The van der Waals surface area contributed by atoms with Gasteiger partial charge in [0.2, 0.25) is 0 Å². The molecule has 17 heavy (non-hydrogen) atoms. The third-order valence-electron chi connectivity index (χ3n) is 4.98. The molecule has 2 aliphatic carbocycles. The van der Waals surface area contributed by atoms with Crippen LogP contribution in [-0.2, 0) is 0 Å². The van der Waals surface area contributed by atoms with Gasteiger partial charge in [0.05, 0.1) is 0 Å². The van der Waals surface area contributed by atoms with E-state index < -0.39 is 0 Å². The van der Waals surface area contributed by atoms with Gasteiger partial charge in [0.15, 0.2) is 0 Å².